The van der Waals surface area contributed by atoms with E-state index in [0.29, 0.717) is 13.0 Å². The number of carbonyl (C=O) groups excluding carboxylic acids is 1. The number of nitrogens with zero attached hydrogens (tertiary/aromatic N) is 2. The third-order valence-electron chi connectivity index (χ3n) is 3.09. The second-order valence-electron chi connectivity index (χ2n) is 4.47. The van der Waals surface area contributed by atoms with E-state index in [0.717, 1.165) is 11.8 Å². The lowest BCUT2D eigenvalue weighted by Gasteiger charge is -2.10. The molecule has 1 aromatic heterocycles. The van der Waals surface area contributed by atoms with E-state index < -0.39 is 17.5 Å². The van der Waals surface area contributed by atoms with Crippen LogP contribution in [0.4, 0.5) is 20.2 Å². The fraction of sp³-hybridized carbons (Fsp3) is 0.286. The molecule has 1 aromatic carbocycles. The number of rotatable bonds is 4. The Balaban J connectivity index is 2.34. The van der Waals surface area contributed by atoms with Crippen LogP contribution in [0.15, 0.2) is 18.2 Å². The average Bonchev–Trinajstić information content (AvgIpc) is 2.91. The number of hydrogen-bond acceptors (Lipinski definition) is 3. The van der Waals surface area contributed by atoms with Gasteiger partial charge in [0.05, 0.1) is 11.4 Å². The first kappa shape index (κ1) is 15.0. The van der Waals surface area contributed by atoms with E-state index in [1.165, 1.54) is 10.7 Å². The molecule has 3 N–H and O–H groups in total. The van der Waals surface area contributed by atoms with E-state index in [1.807, 2.05) is 13.8 Å². The zero-order chi connectivity index (χ0) is 15.6. The van der Waals surface area contributed by atoms with Crippen LogP contribution in [-0.4, -0.2) is 15.7 Å². The van der Waals surface area contributed by atoms with Gasteiger partial charge in [0.15, 0.2) is 11.6 Å². The molecule has 0 aliphatic carbocycles. The van der Waals surface area contributed by atoms with Crippen molar-refractivity contribution < 1.29 is 13.6 Å². The third kappa shape index (κ3) is 2.86. The smallest absolute Gasteiger partial charge is 0.274 e. The fourth-order valence-corrected chi connectivity index (χ4v) is 1.94. The maximum atomic E-state index is 13.7. The molecule has 0 unspecified atom stereocenters. The van der Waals surface area contributed by atoms with Crippen molar-refractivity contribution in [3.05, 3.63) is 41.2 Å². The van der Waals surface area contributed by atoms with Crippen LogP contribution in [0.2, 0.25) is 0 Å². The third-order valence-corrected chi connectivity index (χ3v) is 3.09. The second-order valence-corrected chi connectivity index (χ2v) is 4.47. The van der Waals surface area contributed by atoms with Crippen molar-refractivity contribution in [2.24, 2.45) is 0 Å². The van der Waals surface area contributed by atoms with Crippen LogP contribution >= 0.6 is 0 Å². The van der Waals surface area contributed by atoms with E-state index in [1.54, 1.807) is 6.07 Å². The Morgan fingerprint density at radius 2 is 2.10 bits per heavy atom. The maximum Gasteiger partial charge on any atom is 0.274 e. The molecule has 112 valence electrons. The van der Waals surface area contributed by atoms with Gasteiger partial charge >= 0.3 is 0 Å². The number of nitrogens with two attached hydrogens (primary N) is 1. The Bertz CT molecular complexity index is 682. The standard InChI is InChI=1S/C14H16F2N4O/c1-3-8-7-11(20(4-2)19-8)14(21)18-13-10(17)6-5-9(15)12(13)16/h5-7H,3-4,17H2,1-2H3,(H,18,21). The molecule has 0 saturated carbocycles. The predicted octanol–water partition coefficient (Wildman–Crippen LogP) is 2.58. The van der Waals surface area contributed by atoms with E-state index in [9.17, 15) is 13.6 Å². The van der Waals surface area contributed by atoms with Crippen molar-refractivity contribution in [1.82, 2.24) is 9.78 Å². The molecule has 5 nitrogen and oxygen atoms in total. The number of aryl methyl sites for hydroxylation is 2. The molecule has 0 aliphatic heterocycles. The number of anilines is 2. The minimum Gasteiger partial charge on any atom is -0.397 e. The summed E-state index contributed by atoms with van der Waals surface area (Å²) in [7, 11) is 0. The van der Waals surface area contributed by atoms with Gasteiger partial charge in [0.25, 0.3) is 5.91 Å². The first-order chi connectivity index (χ1) is 9.97. The molecule has 0 aliphatic rings. The van der Waals surface area contributed by atoms with Gasteiger partial charge in [-0.3, -0.25) is 9.48 Å². The summed E-state index contributed by atoms with van der Waals surface area (Å²) in [6.45, 7) is 4.23. The Kier molecular flexibility index (Phi) is 4.21. The van der Waals surface area contributed by atoms with Crippen molar-refractivity contribution in [1.29, 1.82) is 0 Å². The second kappa shape index (κ2) is 5.90. The largest absolute Gasteiger partial charge is 0.397 e. The van der Waals surface area contributed by atoms with Gasteiger partial charge < -0.3 is 11.1 Å². The summed E-state index contributed by atoms with van der Waals surface area (Å²) in [6, 6.07) is 3.72. The highest BCUT2D eigenvalue weighted by atomic mass is 19.2. The number of aromatic nitrogens is 2. The quantitative estimate of drug-likeness (QED) is 0.851. The topological polar surface area (TPSA) is 72.9 Å². The molecule has 0 saturated heterocycles. The number of halogens is 2. The van der Waals surface area contributed by atoms with Crippen LogP contribution in [0.5, 0.6) is 0 Å². The Labute approximate surface area is 120 Å². The summed E-state index contributed by atoms with van der Waals surface area (Å²) >= 11 is 0. The van der Waals surface area contributed by atoms with Crippen molar-refractivity contribution in [3.63, 3.8) is 0 Å². The fourth-order valence-electron chi connectivity index (χ4n) is 1.94. The Morgan fingerprint density at radius 3 is 2.71 bits per heavy atom. The molecule has 21 heavy (non-hydrogen) atoms. The molecule has 0 bridgehead atoms. The molecular weight excluding hydrogens is 278 g/mol. The zero-order valence-corrected chi connectivity index (χ0v) is 11.8. The number of carbonyl (C=O) groups is 1. The van der Waals surface area contributed by atoms with E-state index in [4.69, 9.17) is 5.73 Å². The summed E-state index contributed by atoms with van der Waals surface area (Å²) in [5.74, 6) is -2.83. The highest BCUT2D eigenvalue weighted by molar-refractivity contribution is 6.04. The van der Waals surface area contributed by atoms with E-state index in [2.05, 4.69) is 10.4 Å². The first-order valence-corrected chi connectivity index (χ1v) is 6.59. The summed E-state index contributed by atoms with van der Waals surface area (Å²) in [5.41, 5.74) is 6.19. The van der Waals surface area contributed by atoms with Gasteiger partial charge in [0, 0.05) is 6.54 Å². The minimum absolute atomic E-state index is 0.0412. The normalized spacial score (nSPS) is 10.7. The molecule has 1 heterocycles. The first-order valence-electron chi connectivity index (χ1n) is 6.59. The summed E-state index contributed by atoms with van der Waals surface area (Å²) < 4.78 is 28.4. The Hall–Kier alpha value is -2.44. The van der Waals surface area contributed by atoms with Crippen LogP contribution in [0, 0.1) is 11.6 Å². The molecular formula is C14H16F2N4O. The van der Waals surface area contributed by atoms with Gasteiger partial charge in [-0.05, 0) is 31.5 Å². The van der Waals surface area contributed by atoms with Crippen molar-refractivity contribution in [3.8, 4) is 0 Å². The van der Waals surface area contributed by atoms with E-state index in [-0.39, 0.29) is 17.1 Å². The summed E-state index contributed by atoms with van der Waals surface area (Å²) in [4.78, 5) is 12.2. The van der Waals surface area contributed by atoms with Gasteiger partial charge in [0.1, 0.15) is 11.4 Å². The van der Waals surface area contributed by atoms with Crippen molar-refractivity contribution in [2.45, 2.75) is 26.8 Å². The molecule has 0 fully saturated rings. The van der Waals surface area contributed by atoms with E-state index >= 15 is 0 Å². The summed E-state index contributed by atoms with van der Waals surface area (Å²) in [5, 5.41) is 6.54. The van der Waals surface area contributed by atoms with Gasteiger partial charge in [-0.15, -0.1) is 0 Å². The molecule has 0 radical (unpaired) electrons. The number of nitrogens with one attached hydrogen (secondary N) is 1. The number of hydrogen-bond donors (Lipinski definition) is 2. The Morgan fingerprint density at radius 1 is 1.38 bits per heavy atom. The maximum absolute atomic E-state index is 13.7. The van der Waals surface area contributed by atoms with Crippen LogP contribution in [-0.2, 0) is 13.0 Å². The van der Waals surface area contributed by atoms with Gasteiger partial charge in [-0.25, -0.2) is 8.78 Å². The van der Waals surface area contributed by atoms with Crippen LogP contribution in [0.3, 0.4) is 0 Å². The monoisotopic (exact) mass is 294 g/mol. The van der Waals surface area contributed by atoms with Crippen molar-refractivity contribution >= 4 is 17.3 Å². The summed E-state index contributed by atoms with van der Waals surface area (Å²) in [6.07, 6.45) is 0.670. The number of nitrogen functional groups attached to an aromatic ring is 1. The SMILES string of the molecule is CCc1cc(C(=O)Nc2c(N)ccc(F)c2F)n(CC)n1. The van der Waals surface area contributed by atoms with Gasteiger partial charge in [-0.1, -0.05) is 6.92 Å². The molecule has 1 amide bonds. The number of amides is 1. The highest BCUT2D eigenvalue weighted by Crippen LogP contribution is 2.25. The molecule has 2 rings (SSSR count). The molecule has 7 heteroatoms. The number of benzene rings is 1. The zero-order valence-electron chi connectivity index (χ0n) is 11.8. The highest BCUT2D eigenvalue weighted by Gasteiger charge is 2.19. The molecule has 0 spiro atoms. The lowest BCUT2D eigenvalue weighted by molar-refractivity contribution is 0.101. The minimum atomic E-state index is -1.18. The van der Waals surface area contributed by atoms with Gasteiger partial charge in [-0.2, -0.15) is 5.10 Å². The van der Waals surface area contributed by atoms with Gasteiger partial charge in [0.2, 0.25) is 0 Å². The molecule has 0 atom stereocenters. The average molecular weight is 294 g/mol. The van der Waals surface area contributed by atoms with Crippen LogP contribution in [0.1, 0.15) is 30.0 Å². The van der Waals surface area contributed by atoms with Crippen LogP contribution in [0.25, 0.3) is 0 Å². The predicted molar refractivity (Wildman–Crippen MR) is 76.0 cm³/mol. The van der Waals surface area contributed by atoms with Crippen molar-refractivity contribution in [2.75, 3.05) is 11.1 Å². The van der Waals surface area contributed by atoms with Crippen LogP contribution < -0.4 is 11.1 Å². The molecule has 2 aromatic rings. The lowest BCUT2D eigenvalue weighted by Crippen LogP contribution is -2.19. The lowest BCUT2D eigenvalue weighted by atomic mass is 10.2.